The summed E-state index contributed by atoms with van der Waals surface area (Å²) in [5.41, 5.74) is -6.72. The molecule has 27 heavy (non-hydrogen) atoms. The van der Waals surface area contributed by atoms with E-state index in [2.05, 4.69) is 0 Å². The number of aliphatic carboxylic acids is 1. The number of aliphatic hydroxyl groups is 3. The number of carbonyl (C=O) groups excluding carboxylic acids is 1. The number of Topliss-reactive ketones (excluding diaryl/α,β-unsaturated/α-hetero) is 1. The Morgan fingerprint density at radius 3 is 1.78 bits per heavy atom. The van der Waals surface area contributed by atoms with Crippen LogP contribution in [0.4, 0.5) is 30.7 Å². The molecule has 4 N–H and O–H groups in total. The minimum atomic E-state index is -5.42. The van der Waals surface area contributed by atoms with Gasteiger partial charge < -0.3 is 20.4 Å². The van der Waals surface area contributed by atoms with Gasteiger partial charge in [0.25, 0.3) is 5.92 Å². The number of halogens is 7. The van der Waals surface area contributed by atoms with Crippen molar-refractivity contribution in [2.24, 2.45) is 5.92 Å². The maximum Gasteiger partial charge on any atom is 0.336 e. The van der Waals surface area contributed by atoms with E-state index in [9.17, 15) is 55.6 Å². The van der Waals surface area contributed by atoms with Crippen LogP contribution in [0.2, 0.25) is 0 Å². The zero-order valence-corrected chi connectivity index (χ0v) is 12.7. The third kappa shape index (κ3) is 2.85. The largest absolute Gasteiger partial charge is 0.479 e. The third-order valence-corrected chi connectivity index (χ3v) is 4.26. The number of hydrogen-bond acceptors (Lipinski definition) is 5. The fraction of sp³-hybridized carbons (Fsp3) is 0.429. The maximum absolute atomic E-state index is 14.7. The molecule has 2 rings (SSSR count). The van der Waals surface area contributed by atoms with E-state index in [1.165, 1.54) is 0 Å². The Bertz CT molecular complexity index is 800. The Morgan fingerprint density at radius 1 is 0.963 bits per heavy atom. The smallest absolute Gasteiger partial charge is 0.336 e. The molecule has 1 fully saturated rings. The fourth-order valence-electron chi connectivity index (χ4n) is 2.91. The average Bonchev–Trinajstić information content (AvgIpc) is 2.55. The Labute approximate surface area is 144 Å². The lowest BCUT2D eigenvalue weighted by atomic mass is 9.67. The Hall–Kier alpha value is -2.25. The van der Waals surface area contributed by atoms with Gasteiger partial charge >= 0.3 is 5.97 Å². The van der Waals surface area contributed by atoms with E-state index in [-0.39, 0.29) is 0 Å². The summed E-state index contributed by atoms with van der Waals surface area (Å²) in [4.78, 5) is 22.6. The maximum atomic E-state index is 14.7. The molecule has 1 aliphatic rings. The predicted molar refractivity (Wildman–Crippen MR) is 67.8 cm³/mol. The summed E-state index contributed by atoms with van der Waals surface area (Å²) >= 11 is 0. The Balaban J connectivity index is 2.81. The monoisotopic (exact) mass is 406 g/mol. The van der Waals surface area contributed by atoms with Gasteiger partial charge in [-0.25, -0.2) is 35.5 Å². The molecule has 1 aromatic rings. The van der Waals surface area contributed by atoms with Gasteiger partial charge in [-0.3, -0.25) is 4.79 Å². The molecule has 1 saturated carbocycles. The number of benzene rings is 1. The van der Waals surface area contributed by atoms with Gasteiger partial charge in [-0.05, 0) is 0 Å². The molecule has 1 aromatic carbocycles. The Morgan fingerprint density at radius 2 is 1.37 bits per heavy atom. The van der Waals surface area contributed by atoms with Crippen LogP contribution in [0, 0.1) is 35.0 Å². The molecule has 4 atom stereocenters. The molecule has 0 unspecified atom stereocenters. The first-order valence-corrected chi connectivity index (χ1v) is 6.93. The average molecular weight is 406 g/mol. The van der Waals surface area contributed by atoms with Crippen LogP contribution in [0.15, 0.2) is 0 Å². The van der Waals surface area contributed by atoms with Crippen LogP contribution in [-0.4, -0.2) is 50.0 Å². The van der Waals surface area contributed by atoms with E-state index in [1.807, 2.05) is 0 Å². The van der Waals surface area contributed by atoms with Gasteiger partial charge in [0.1, 0.15) is 6.10 Å². The van der Waals surface area contributed by atoms with Gasteiger partial charge in [-0.2, -0.15) is 0 Å². The molecule has 150 valence electrons. The fourth-order valence-corrected chi connectivity index (χ4v) is 2.91. The molecule has 1 aliphatic carbocycles. The summed E-state index contributed by atoms with van der Waals surface area (Å²) in [7, 11) is 0. The topological polar surface area (TPSA) is 115 Å². The standard InChI is InChI=1S/C14H9F7O6/c15-4-3(5(16)7(18)8(19)6(4)17)14(20,21)11-10(24)9(23)2(22)1-13(11,27)12(25)26/h9-11,23-24,27H,1H2,(H,25,26)/t9-,10+,11-,13-/m1/s1. The zero-order valence-electron chi connectivity index (χ0n) is 12.7. The van der Waals surface area contributed by atoms with Gasteiger partial charge in [-0.1, -0.05) is 0 Å². The van der Waals surface area contributed by atoms with Crippen molar-refractivity contribution in [2.45, 2.75) is 30.2 Å². The quantitative estimate of drug-likeness (QED) is 0.332. The summed E-state index contributed by atoms with van der Waals surface area (Å²) in [5.74, 6) is -27.6. The molecule has 0 amide bonds. The molecule has 13 heteroatoms. The molecule has 0 bridgehead atoms. The van der Waals surface area contributed by atoms with Crippen molar-refractivity contribution in [1.82, 2.24) is 0 Å². The van der Waals surface area contributed by atoms with Gasteiger partial charge in [0.2, 0.25) is 5.82 Å². The molecule has 0 saturated heterocycles. The van der Waals surface area contributed by atoms with Crippen LogP contribution >= 0.6 is 0 Å². The van der Waals surface area contributed by atoms with E-state index >= 15 is 0 Å². The number of carboxylic acid groups (broad SMARTS) is 1. The number of ketones is 1. The molecular weight excluding hydrogens is 397 g/mol. The van der Waals surface area contributed by atoms with Crippen LogP contribution in [0.1, 0.15) is 12.0 Å². The van der Waals surface area contributed by atoms with Gasteiger partial charge in [0.15, 0.2) is 34.7 Å². The summed E-state index contributed by atoms with van der Waals surface area (Å²) in [6, 6.07) is 0. The first-order valence-electron chi connectivity index (χ1n) is 6.93. The highest BCUT2D eigenvalue weighted by Crippen LogP contribution is 2.50. The lowest BCUT2D eigenvalue weighted by Crippen LogP contribution is -2.65. The molecule has 0 spiro atoms. The summed E-state index contributed by atoms with van der Waals surface area (Å²) in [6.45, 7) is 0. The highest BCUT2D eigenvalue weighted by Gasteiger charge is 2.67. The number of aliphatic hydroxyl groups excluding tert-OH is 2. The van der Waals surface area contributed by atoms with Crippen molar-refractivity contribution in [2.75, 3.05) is 0 Å². The summed E-state index contributed by atoms with van der Waals surface area (Å²) < 4.78 is 96.5. The molecule has 0 heterocycles. The van der Waals surface area contributed by atoms with Crippen molar-refractivity contribution in [3.05, 3.63) is 34.6 Å². The van der Waals surface area contributed by atoms with E-state index in [0.29, 0.717) is 0 Å². The van der Waals surface area contributed by atoms with Crippen molar-refractivity contribution in [3.63, 3.8) is 0 Å². The molecule has 0 radical (unpaired) electrons. The lowest BCUT2D eigenvalue weighted by Gasteiger charge is -2.44. The minimum absolute atomic E-state index is 1.60. The van der Waals surface area contributed by atoms with Gasteiger partial charge in [-0.15, -0.1) is 0 Å². The molecule has 6 nitrogen and oxygen atoms in total. The minimum Gasteiger partial charge on any atom is -0.479 e. The molecular formula is C14H9F7O6. The Kier molecular flexibility index (Phi) is 5.01. The van der Waals surface area contributed by atoms with Crippen molar-refractivity contribution in [1.29, 1.82) is 0 Å². The number of carboxylic acids is 1. The summed E-state index contributed by atoms with van der Waals surface area (Å²) in [5, 5.41) is 38.0. The van der Waals surface area contributed by atoms with Crippen molar-refractivity contribution >= 4 is 11.8 Å². The highest BCUT2D eigenvalue weighted by atomic mass is 19.3. The zero-order chi connectivity index (χ0) is 21.1. The van der Waals surface area contributed by atoms with E-state index in [0.717, 1.165) is 0 Å². The molecule has 0 aliphatic heterocycles. The normalized spacial score (nSPS) is 29.1. The second-order valence-corrected chi connectivity index (χ2v) is 5.85. The third-order valence-electron chi connectivity index (χ3n) is 4.26. The second kappa shape index (κ2) is 6.42. The second-order valence-electron chi connectivity index (χ2n) is 5.85. The van der Waals surface area contributed by atoms with Crippen molar-refractivity contribution < 1.29 is 60.7 Å². The van der Waals surface area contributed by atoms with Crippen LogP contribution in [-0.2, 0) is 15.5 Å². The van der Waals surface area contributed by atoms with Crippen LogP contribution in [0.25, 0.3) is 0 Å². The van der Waals surface area contributed by atoms with Crippen LogP contribution in [0.5, 0.6) is 0 Å². The number of hydrogen-bond donors (Lipinski definition) is 4. The van der Waals surface area contributed by atoms with E-state index in [1.54, 1.807) is 0 Å². The highest BCUT2D eigenvalue weighted by molar-refractivity contribution is 5.93. The summed E-state index contributed by atoms with van der Waals surface area (Å²) in [6.07, 6.45) is -7.55. The first-order chi connectivity index (χ1) is 12.2. The lowest BCUT2D eigenvalue weighted by molar-refractivity contribution is -0.235. The van der Waals surface area contributed by atoms with E-state index in [4.69, 9.17) is 5.11 Å². The first kappa shape index (κ1) is 21.1. The molecule has 0 aromatic heterocycles. The van der Waals surface area contributed by atoms with Gasteiger partial charge in [0.05, 0.1) is 17.6 Å². The predicted octanol–water partition coefficient (Wildman–Crippen LogP) is 0.600. The van der Waals surface area contributed by atoms with Crippen molar-refractivity contribution in [3.8, 4) is 0 Å². The van der Waals surface area contributed by atoms with E-state index < -0.39 is 82.5 Å². The van der Waals surface area contributed by atoms with Crippen LogP contribution in [0.3, 0.4) is 0 Å². The number of alkyl halides is 2. The van der Waals surface area contributed by atoms with Gasteiger partial charge in [0, 0.05) is 6.42 Å². The number of carbonyl (C=O) groups is 2. The SMILES string of the molecule is O=C1C[C@](O)(C(=O)O)[C@H](C(F)(F)c2c(F)c(F)c(F)c(F)c2F)[C@@H](O)[C@@H]1O. The van der Waals surface area contributed by atoms with Crippen LogP contribution < -0.4 is 0 Å². The number of rotatable bonds is 3.